The molecule has 1 fully saturated rings. The van der Waals surface area contributed by atoms with Gasteiger partial charge < -0.3 is 9.84 Å². The number of benzene rings is 2. The Bertz CT molecular complexity index is 996. The maximum atomic E-state index is 13.8. The van der Waals surface area contributed by atoms with Gasteiger partial charge in [0.15, 0.2) is 0 Å². The summed E-state index contributed by atoms with van der Waals surface area (Å²) in [6.45, 7) is 0.254. The fraction of sp³-hybridized carbons (Fsp3) is 0.304. The van der Waals surface area contributed by atoms with E-state index in [1.165, 1.54) is 29.9 Å². The van der Waals surface area contributed by atoms with Crippen molar-refractivity contribution in [1.82, 2.24) is 4.98 Å². The number of hydrogen-bond donors (Lipinski definition) is 1. The molecule has 0 atom stereocenters. The van der Waals surface area contributed by atoms with E-state index in [-0.39, 0.29) is 18.8 Å². The molecule has 1 aliphatic carbocycles. The zero-order valence-electron chi connectivity index (χ0n) is 15.9. The lowest BCUT2D eigenvalue weighted by atomic mass is 10.1. The number of aliphatic carboxylic acids is 1. The Kier molecular flexibility index (Phi) is 5.90. The van der Waals surface area contributed by atoms with Gasteiger partial charge in [0.25, 0.3) is 0 Å². The van der Waals surface area contributed by atoms with E-state index in [4.69, 9.17) is 9.84 Å². The highest BCUT2D eigenvalue weighted by Gasteiger charge is 2.26. The van der Waals surface area contributed by atoms with Gasteiger partial charge in [0, 0.05) is 28.6 Å². The Morgan fingerprint density at radius 2 is 2.00 bits per heavy atom. The van der Waals surface area contributed by atoms with Crippen molar-refractivity contribution in [3.8, 4) is 16.3 Å². The summed E-state index contributed by atoms with van der Waals surface area (Å²) in [7, 11) is 0. The number of nitrogens with zero attached hydrogens (tertiary/aromatic N) is 1. The van der Waals surface area contributed by atoms with Crippen molar-refractivity contribution in [1.29, 1.82) is 0 Å². The van der Waals surface area contributed by atoms with Crippen LogP contribution in [0.4, 0.5) is 4.39 Å². The largest absolute Gasteiger partial charge is 0.489 e. The molecular weight excluding hydrogens is 389 g/mol. The van der Waals surface area contributed by atoms with Gasteiger partial charge in [-0.25, -0.2) is 9.37 Å². The topological polar surface area (TPSA) is 59.4 Å². The lowest BCUT2D eigenvalue weighted by molar-refractivity contribution is -0.137. The van der Waals surface area contributed by atoms with Gasteiger partial charge in [-0.05, 0) is 67.5 Å². The molecule has 1 saturated carbocycles. The Labute approximate surface area is 173 Å². The molecule has 4 nitrogen and oxygen atoms in total. The van der Waals surface area contributed by atoms with E-state index in [0.29, 0.717) is 24.5 Å². The second-order valence-electron chi connectivity index (χ2n) is 7.32. The van der Waals surface area contributed by atoms with E-state index in [1.54, 1.807) is 17.4 Å². The van der Waals surface area contributed by atoms with Crippen LogP contribution < -0.4 is 4.74 Å². The fourth-order valence-corrected chi connectivity index (χ4v) is 4.36. The normalized spacial score (nSPS) is 13.4. The number of carboxylic acid groups (broad SMARTS) is 1. The SMILES string of the molecule is O=C(O)CCCc1ccc(OCc2cc(F)ccc2-c2ncc(C3CC3)s2)cc1. The Balaban J connectivity index is 1.42. The Hall–Kier alpha value is -2.73. The van der Waals surface area contributed by atoms with Crippen LogP contribution in [0.5, 0.6) is 5.75 Å². The van der Waals surface area contributed by atoms with E-state index < -0.39 is 5.97 Å². The zero-order chi connectivity index (χ0) is 20.2. The van der Waals surface area contributed by atoms with Gasteiger partial charge in [-0.1, -0.05) is 12.1 Å². The summed E-state index contributed by atoms with van der Waals surface area (Å²) in [5, 5.41) is 9.62. The van der Waals surface area contributed by atoms with E-state index in [9.17, 15) is 9.18 Å². The third-order valence-corrected chi connectivity index (χ3v) is 6.17. The molecule has 0 unspecified atom stereocenters. The van der Waals surface area contributed by atoms with Gasteiger partial charge in [0.1, 0.15) is 23.2 Å². The van der Waals surface area contributed by atoms with Gasteiger partial charge in [-0.15, -0.1) is 11.3 Å². The monoisotopic (exact) mass is 411 g/mol. The van der Waals surface area contributed by atoms with Crippen LogP contribution in [-0.4, -0.2) is 16.1 Å². The second-order valence-corrected chi connectivity index (χ2v) is 8.39. The van der Waals surface area contributed by atoms with Crippen molar-refractivity contribution in [2.24, 2.45) is 0 Å². The number of rotatable bonds is 9. The third-order valence-electron chi connectivity index (χ3n) is 4.97. The number of aryl methyl sites for hydroxylation is 1. The van der Waals surface area contributed by atoms with E-state index in [2.05, 4.69) is 4.98 Å². The van der Waals surface area contributed by atoms with E-state index in [1.807, 2.05) is 30.5 Å². The van der Waals surface area contributed by atoms with Crippen LogP contribution in [0.2, 0.25) is 0 Å². The molecule has 1 aromatic heterocycles. The molecule has 6 heteroatoms. The maximum Gasteiger partial charge on any atom is 0.303 e. The number of aromatic nitrogens is 1. The summed E-state index contributed by atoms with van der Waals surface area (Å²) in [4.78, 5) is 16.4. The van der Waals surface area contributed by atoms with E-state index >= 15 is 0 Å². The Morgan fingerprint density at radius 1 is 1.21 bits per heavy atom. The molecule has 0 spiro atoms. The van der Waals surface area contributed by atoms with Gasteiger partial charge in [-0.3, -0.25) is 4.79 Å². The first-order chi connectivity index (χ1) is 14.1. The van der Waals surface area contributed by atoms with Gasteiger partial charge in [-0.2, -0.15) is 0 Å². The smallest absolute Gasteiger partial charge is 0.303 e. The van der Waals surface area contributed by atoms with Crippen molar-refractivity contribution in [2.45, 2.75) is 44.6 Å². The third kappa shape index (κ3) is 5.21. The standard InChI is InChI=1S/C23H22FNO3S/c24-18-8-11-20(23-25-13-21(29-23)16-6-7-16)17(12-18)14-28-19-9-4-15(5-10-19)2-1-3-22(26)27/h4-5,8-13,16H,1-3,6-7,14H2,(H,26,27). The molecule has 3 aromatic rings. The van der Waals surface area contributed by atoms with Crippen molar-refractivity contribution in [3.05, 3.63) is 70.5 Å². The first-order valence-corrected chi connectivity index (χ1v) is 10.6. The molecule has 1 N–H and O–H groups in total. The lowest BCUT2D eigenvalue weighted by Crippen LogP contribution is -1.99. The van der Waals surface area contributed by atoms with E-state index in [0.717, 1.165) is 21.7 Å². The average molecular weight is 411 g/mol. The molecule has 4 rings (SSSR count). The van der Waals surface area contributed by atoms with Crippen LogP contribution >= 0.6 is 11.3 Å². The average Bonchev–Trinajstić information content (AvgIpc) is 3.44. The number of hydrogen-bond acceptors (Lipinski definition) is 4. The molecule has 1 aliphatic rings. The van der Waals surface area contributed by atoms with Crippen molar-refractivity contribution >= 4 is 17.3 Å². The molecule has 2 aromatic carbocycles. The quantitative estimate of drug-likeness (QED) is 0.482. The lowest BCUT2D eigenvalue weighted by Gasteiger charge is -2.11. The zero-order valence-corrected chi connectivity index (χ0v) is 16.8. The molecule has 0 amide bonds. The van der Waals surface area contributed by atoms with Crippen LogP contribution in [0.25, 0.3) is 10.6 Å². The van der Waals surface area contributed by atoms with Crippen LogP contribution in [0.3, 0.4) is 0 Å². The van der Waals surface area contributed by atoms with Crippen molar-refractivity contribution < 1.29 is 19.0 Å². The highest BCUT2D eigenvalue weighted by molar-refractivity contribution is 7.15. The number of thiazole rings is 1. The van der Waals surface area contributed by atoms with Gasteiger partial charge in [0.2, 0.25) is 0 Å². The Morgan fingerprint density at radius 3 is 2.72 bits per heavy atom. The number of ether oxygens (including phenoxy) is 1. The molecule has 1 heterocycles. The number of carboxylic acids is 1. The molecule has 0 aliphatic heterocycles. The van der Waals surface area contributed by atoms with Crippen molar-refractivity contribution in [2.75, 3.05) is 0 Å². The molecule has 0 bridgehead atoms. The second kappa shape index (κ2) is 8.74. The summed E-state index contributed by atoms with van der Waals surface area (Å²) in [5.74, 6) is 0.274. The predicted octanol–water partition coefficient (Wildman–Crippen LogP) is 5.81. The first-order valence-electron chi connectivity index (χ1n) is 9.76. The maximum absolute atomic E-state index is 13.8. The number of halogens is 1. The minimum atomic E-state index is -0.777. The predicted molar refractivity (Wildman–Crippen MR) is 111 cm³/mol. The molecule has 29 heavy (non-hydrogen) atoms. The summed E-state index contributed by atoms with van der Waals surface area (Å²) in [6.07, 6.45) is 5.89. The van der Waals surface area contributed by atoms with Crippen LogP contribution in [0.1, 0.15) is 47.6 Å². The number of carbonyl (C=O) groups is 1. The minimum Gasteiger partial charge on any atom is -0.489 e. The van der Waals surface area contributed by atoms with Crippen LogP contribution in [0.15, 0.2) is 48.7 Å². The van der Waals surface area contributed by atoms with Crippen molar-refractivity contribution in [3.63, 3.8) is 0 Å². The minimum absolute atomic E-state index is 0.166. The molecule has 0 radical (unpaired) electrons. The van der Waals surface area contributed by atoms with Gasteiger partial charge in [0.05, 0.1) is 0 Å². The van der Waals surface area contributed by atoms with Gasteiger partial charge >= 0.3 is 5.97 Å². The summed E-state index contributed by atoms with van der Waals surface area (Å²) in [6, 6.07) is 12.3. The summed E-state index contributed by atoms with van der Waals surface area (Å²) < 4.78 is 19.7. The highest BCUT2D eigenvalue weighted by Crippen LogP contribution is 2.44. The van der Waals surface area contributed by atoms with Crippen LogP contribution in [-0.2, 0) is 17.8 Å². The van der Waals surface area contributed by atoms with Crippen LogP contribution in [0, 0.1) is 5.82 Å². The summed E-state index contributed by atoms with van der Waals surface area (Å²) >= 11 is 1.68. The summed E-state index contributed by atoms with van der Waals surface area (Å²) in [5.41, 5.74) is 2.75. The molecule has 0 saturated heterocycles. The fourth-order valence-electron chi connectivity index (χ4n) is 3.22. The highest BCUT2D eigenvalue weighted by atomic mass is 32.1. The first kappa shape index (κ1) is 19.6. The molecular formula is C23H22FNO3S. The molecule has 150 valence electrons.